The summed E-state index contributed by atoms with van der Waals surface area (Å²) in [5.41, 5.74) is 5.17. The number of rotatable bonds is 7. The van der Waals surface area contributed by atoms with Crippen LogP contribution in [0.1, 0.15) is 34.0 Å². The molecule has 0 saturated heterocycles. The Morgan fingerprint density at radius 3 is 2.24 bits per heavy atom. The van der Waals surface area contributed by atoms with Crippen molar-refractivity contribution in [3.63, 3.8) is 0 Å². The summed E-state index contributed by atoms with van der Waals surface area (Å²) in [6.45, 7) is 0.503. The van der Waals surface area contributed by atoms with E-state index in [1.54, 1.807) is 6.07 Å². The molecule has 0 aliphatic heterocycles. The number of pyridine rings is 1. The maximum absolute atomic E-state index is 12.4. The lowest BCUT2D eigenvalue weighted by molar-refractivity contribution is -0.138. The fourth-order valence-corrected chi connectivity index (χ4v) is 4.44. The zero-order valence-corrected chi connectivity index (χ0v) is 18.2. The average molecular weight is 457 g/mol. The maximum Gasteiger partial charge on any atom is 0.411 e. The lowest BCUT2D eigenvalue weighted by Gasteiger charge is -2.14. The van der Waals surface area contributed by atoms with Gasteiger partial charge >= 0.3 is 12.1 Å². The van der Waals surface area contributed by atoms with Crippen molar-refractivity contribution in [3.8, 4) is 11.1 Å². The van der Waals surface area contributed by atoms with Gasteiger partial charge in [0.1, 0.15) is 12.3 Å². The van der Waals surface area contributed by atoms with Crippen molar-refractivity contribution in [2.45, 2.75) is 12.3 Å². The molecule has 1 saturated carbocycles. The van der Waals surface area contributed by atoms with E-state index in [9.17, 15) is 14.4 Å². The van der Waals surface area contributed by atoms with E-state index in [1.165, 1.54) is 12.3 Å². The van der Waals surface area contributed by atoms with Crippen LogP contribution in [0.2, 0.25) is 0 Å². The fourth-order valence-electron chi connectivity index (χ4n) is 4.44. The monoisotopic (exact) mass is 457 g/mol. The normalized spacial score (nSPS) is 17.9. The topological polar surface area (TPSA) is 118 Å². The second kappa shape index (κ2) is 8.97. The number of aliphatic carboxylic acids is 1. The molecule has 5 rings (SSSR count). The van der Waals surface area contributed by atoms with Crippen molar-refractivity contribution in [1.82, 2.24) is 10.3 Å². The Kier molecular flexibility index (Phi) is 5.71. The third kappa shape index (κ3) is 4.34. The Morgan fingerprint density at radius 1 is 0.971 bits per heavy atom. The summed E-state index contributed by atoms with van der Waals surface area (Å²) in [6, 6.07) is 19.3. The van der Waals surface area contributed by atoms with Crippen LogP contribution in [0.15, 0.2) is 66.9 Å². The van der Waals surface area contributed by atoms with Gasteiger partial charge in [0.2, 0.25) is 0 Å². The van der Waals surface area contributed by atoms with Gasteiger partial charge < -0.3 is 15.2 Å². The number of anilines is 1. The first-order chi connectivity index (χ1) is 16.5. The molecule has 1 heterocycles. The first kappa shape index (κ1) is 21.6. The summed E-state index contributed by atoms with van der Waals surface area (Å²) in [5.74, 6) is -1.66. The number of carbonyl (C=O) groups is 3. The highest BCUT2D eigenvalue weighted by atomic mass is 16.5. The molecular weight excluding hydrogens is 434 g/mol. The van der Waals surface area contributed by atoms with Gasteiger partial charge in [0.25, 0.3) is 5.91 Å². The average Bonchev–Trinajstić information content (AvgIpc) is 3.57. The van der Waals surface area contributed by atoms with E-state index in [0.29, 0.717) is 18.7 Å². The Balaban J connectivity index is 1.14. The predicted octanol–water partition coefficient (Wildman–Crippen LogP) is 3.89. The van der Waals surface area contributed by atoms with E-state index in [-0.39, 0.29) is 36.0 Å². The molecule has 172 valence electrons. The summed E-state index contributed by atoms with van der Waals surface area (Å²) >= 11 is 0. The minimum absolute atomic E-state index is 0.0315. The van der Waals surface area contributed by atoms with Gasteiger partial charge in [-0.3, -0.25) is 14.9 Å². The quantitative estimate of drug-likeness (QED) is 0.495. The second-order valence-electron chi connectivity index (χ2n) is 8.53. The van der Waals surface area contributed by atoms with Crippen LogP contribution in [-0.2, 0) is 9.53 Å². The number of aromatic nitrogens is 1. The molecule has 0 spiro atoms. The van der Waals surface area contributed by atoms with Gasteiger partial charge in [-0.05, 0) is 46.7 Å². The summed E-state index contributed by atoms with van der Waals surface area (Å²) in [7, 11) is 0. The minimum Gasteiger partial charge on any atom is -0.481 e. The molecular formula is C26H23N3O5. The van der Waals surface area contributed by atoms with Gasteiger partial charge in [-0.25, -0.2) is 9.78 Å². The SMILES string of the molecule is O=C(Nc1ccc(C(=O)NC[C@@H]2C[C@@H]2C(=O)O)nc1)OCC1c2ccccc2-c2ccccc21. The molecule has 1 fully saturated rings. The Labute approximate surface area is 196 Å². The molecule has 2 aliphatic carbocycles. The van der Waals surface area contributed by atoms with Crippen molar-refractivity contribution < 1.29 is 24.2 Å². The van der Waals surface area contributed by atoms with E-state index in [2.05, 4.69) is 39.9 Å². The Bertz CT molecular complexity index is 1210. The third-order valence-electron chi connectivity index (χ3n) is 6.35. The lowest BCUT2D eigenvalue weighted by Crippen LogP contribution is -2.27. The Morgan fingerprint density at radius 2 is 1.65 bits per heavy atom. The number of benzene rings is 2. The van der Waals surface area contributed by atoms with Crippen molar-refractivity contribution in [1.29, 1.82) is 0 Å². The molecule has 3 aromatic rings. The minimum atomic E-state index is -0.832. The molecule has 0 radical (unpaired) electrons. The fraction of sp³-hybridized carbons (Fsp3) is 0.231. The number of carboxylic acids is 1. The van der Waals surface area contributed by atoms with Gasteiger partial charge in [-0.2, -0.15) is 0 Å². The zero-order valence-electron chi connectivity index (χ0n) is 18.2. The highest BCUT2D eigenvalue weighted by Gasteiger charge is 2.43. The smallest absolute Gasteiger partial charge is 0.411 e. The number of hydrogen-bond donors (Lipinski definition) is 3. The second-order valence-corrected chi connectivity index (χ2v) is 8.53. The largest absolute Gasteiger partial charge is 0.481 e. The lowest BCUT2D eigenvalue weighted by atomic mass is 9.98. The van der Waals surface area contributed by atoms with Crippen molar-refractivity contribution >= 4 is 23.7 Å². The van der Waals surface area contributed by atoms with Gasteiger partial charge in [0.15, 0.2) is 0 Å². The van der Waals surface area contributed by atoms with Crippen LogP contribution in [0, 0.1) is 11.8 Å². The van der Waals surface area contributed by atoms with Crippen LogP contribution < -0.4 is 10.6 Å². The van der Waals surface area contributed by atoms with E-state index < -0.39 is 12.1 Å². The first-order valence-corrected chi connectivity index (χ1v) is 11.1. The standard InChI is InChI=1S/C26H23N3O5/c30-24(28-12-15-11-21(15)25(31)32)23-10-9-16(13-27-23)29-26(33)34-14-22-19-7-3-1-5-17(19)18-6-2-4-8-20(18)22/h1-10,13,15,21-22H,11-12,14H2,(H,28,30)(H,29,33)(H,31,32)/t15-,21-/m0/s1. The number of carboxylic acid groups (broad SMARTS) is 1. The highest BCUT2D eigenvalue weighted by molar-refractivity contribution is 5.93. The molecule has 3 N–H and O–H groups in total. The maximum atomic E-state index is 12.4. The van der Waals surface area contributed by atoms with Crippen molar-refractivity contribution in [2.75, 3.05) is 18.5 Å². The van der Waals surface area contributed by atoms with Gasteiger partial charge in [0.05, 0.1) is 17.8 Å². The summed E-state index contributed by atoms with van der Waals surface area (Å²) in [6.07, 6.45) is 1.36. The molecule has 2 aromatic carbocycles. The number of nitrogens with zero attached hydrogens (tertiary/aromatic N) is 1. The summed E-state index contributed by atoms with van der Waals surface area (Å²) in [4.78, 5) is 39.6. The number of hydrogen-bond acceptors (Lipinski definition) is 5. The van der Waals surface area contributed by atoms with Crippen molar-refractivity contribution in [3.05, 3.63) is 83.7 Å². The number of ether oxygens (including phenoxy) is 1. The van der Waals surface area contributed by atoms with Crippen LogP contribution in [0.3, 0.4) is 0 Å². The van der Waals surface area contributed by atoms with Gasteiger partial charge in [-0.15, -0.1) is 0 Å². The van der Waals surface area contributed by atoms with Gasteiger partial charge in [0, 0.05) is 12.5 Å². The van der Waals surface area contributed by atoms with Crippen LogP contribution in [0.5, 0.6) is 0 Å². The van der Waals surface area contributed by atoms with Crippen LogP contribution in [0.4, 0.5) is 10.5 Å². The molecule has 2 amide bonds. The number of nitrogens with one attached hydrogen (secondary N) is 2. The van der Waals surface area contributed by atoms with E-state index >= 15 is 0 Å². The molecule has 0 unspecified atom stereocenters. The highest BCUT2D eigenvalue weighted by Crippen LogP contribution is 2.44. The molecule has 2 atom stereocenters. The van der Waals surface area contributed by atoms with Crippen LogP contribution in [0.25, 0.3) is 11.1 Å². The Hall–Kier alpha value is -4.20. The number of carbonyl (C=O) groups excluding carboxylic acids is 2. The number of fused-ring (bicyclic) bond motifs is 3. The van der Waals surface area contributed by atoms with Crippen molar-refractivity contribution in [2.24, 2.45) is 11.8 Å². The van der Waals surface area contributed by atoms with E-state index in [0.717, 1.165) is 22.3 Å². The zero-order chi connectivity index (χ0) is 23.7. The molecule has 34 heavy (non-hydrogen) atoms. The van der Waals surface area contributed by atoms with E-state index in [4.69, 9.17) is 9.84 Å². The summed E-state index contributed by atoms with van der Waals surface area (Å²) in [5, 5.41) is 14.3. The summed E-state index contributed by atoms with van der Waals surface area (Å²) < 4.78 is 5.52. The first-order valence-electron chi connectivity index (χ1n) is 11.1. The van der Waals surface area contributed by atoms with Crippen LogP contribution in [-0.4, -0.2) is 41.2 Å². The molecule has 2 aliphatic rings. The van der Waals surface area contributed by atoms with E-state index in [1.807, 2.05) is 24.3 Å². The molecule has 8 heteroatoms. The van der Waals surface area contributed by atoms with Gasteiger partial charge in [-0.1, -0.05) is 48.5 Å². The van der Waals surface area contributed by atoms with Crippen LogP contribution >= 0.6 is 0 Å². The molecule has 1 aromatic heterocycles. The molecule has 0 bridgehead atoms. The predicted molar refractivity (Wildman–Crippen MR) is 124 cm³/mol. The number of amides is 2. The molecule has 8 nitrogen and oxygen atoms in total. The third-order valence-corrected chi connectivity index (χ3v) is 6.35.